The second kappa shape index (κ2) is 10.9. The minimum Gasteiger partial charge on any atom is -0.390 e. The molecule has 0 saturated heterocycles. The molecule has 3 atom stereocenters. The van der Waals surface area contributed by atoms with Crippen LogP contribution in [0, 0.1) is 5.92 Å². The van der Waals surface area contributed by atoms with Gasteiger partial charge in [-0.05, 0) is 68.7 Å². The molecule has 0 fully saturated rings. The molecule has 0 aromatic rings. The standard InChI is InChI=1S/C16H28Cl3NO2/c1-11(8-9-14(21)16(3,4)22)6-5-7-12(2)13(17)10-20-15(18)19/h11,13-14,21-22H,2,5-10H2,1,3-4H3. The summed E-state index contributed by atoms with van der Waals surface area (Å²) in [5.74, 6) is 0.480. The molecule has 0 heterocycles. The van der Waals surface area contributed by atoms with Crippen molar-refractivity contribution in [2.75, 3.05) is 6.54 Å². The lowest BCUT2D eigenvalue weighted by molar-refractivity contribution is -0.0535. The molecule has 0 radical (unpaired) electrons. The highest BCUT2D eigenvalue weighted by atomic mass is 35.5. The van der Waals surface area contributed by atoms with Gasteiger partial charge in [0.1, 0.15) is 0 Å². The number of alkyl halides is 1. The van der Waals surface area contributed by atoms with E-state index >= 15 is 0 Å². The molecule has 0 aliphatic carbocycles. The molecule has 0 bridgehead atoms. The predicted octanol–water partition coefficient (Wildman–Crippen LogP) is 4.70. The number of aliphatic hydroxyl groups is 2. The molecule has 3 unspecified atom stereocenters. The van der Waals surface area contributed by atoms with Crippen LogP contribution in [0.4, 0.5) is 0 Å². The van der Waals surface area contributed by atoms with Crippen LogP contribution in [0.15, 0.2) is 17.1 Å². The Hall–Kier alpha value is 0.200. The van der Waals surface area contributed by atoms with Gasteiger partial charge in [0.15, 0.2) is 4.63 Å². The molecule has 0 aromatic carbocycles. The van der Waals surface area contributed by atoms with E-state index in [1.165, 1.54) is 0 Å². The van der Waals surface area contributed by atoms with E-state index in [4.69, 9.17) is 34.8 Å². The van der Waals surface area contributed by atoms with Gasteiger partial charge in [0.25, 0.3) is 0 Å². The lowest BCUT2D eigenvalue weighted by Gasteiger charge is -2.25. The highest BCUT2D eigenvalue weighted by molar-refractivity contribution is 6.95. The molecule has 3 nitrogen and oxygen atoms in total. The lowest BCUT2D eigenvalue weighted by Crippen LogP contribution is -2.35. The van der Waals surface area contributed by atoms with Crippen molar-refractivity contribution in [2.24, 2.45) is 10.9 Å². The Labute approximate surface area is 149 Å². The lowest BCUT2D eigenvalue weighted by atomic mass is 9.91. The smallest absolute Gasteiger partial charge is 0.192 e. The van der Waals surface area contributed by atoms with E-state index in [0.717, 1.165) is 31.3 Å². The van der Waals surface area contributed by atoms with Crippen molar-refractivity contribution in [3.8, 4) is 0 Å². The van der Waals surface area contributed by atoms with Crippen molar-refractivity contribution in [1.82, 2.24) is 0 Å². The first-order valence-electron chi connectivity index (χ1n) is 7.61. The fourth-order valence-corrected chi connectivity index (χ4v) is 2.37. The number of aliphatic imine (C=N–C) groups is 1. The SMILES string of the molecule is C=C(CCCC(C)CCC(O)C(C)(C)O)C(Cl)CN=C(Cl)Cl. The molecular weight excluding hydrogens is 345 g/mol. The molecule has 130 valence electrons. The van der Waals surface area contributed by atoms with Crippen LogP contribution in [0.1, 0.15) is 52.9 Å². The zero-order valence-electron chi connectivity index (χ0n) is 13.7. The minimum atomic E-state index is -1.04. The van der Waals surface area contributed by atoms with E-state index in [1.807, 2.05) is 0 Å². The maximum absolute atomic E-state index is 9.81. The topological polar surface area (TPSA) is 52.8 Å². The van der Waals surface area contributed by atoms with E-state index in [1.54, 1.807) is 13.8 Å². The van der Waals surface area contributed by atoms with Crippen molar-refractivity contribution < 1.29 is 10.2 Å². The average Bonchev–Trinajstić information content (AvgIpc) is 2.40. The minimum absolute atomic E-state index is 0.0163. The summed E-state index contributed by atoms with van der Waals surface area (Å²) in [5.41, 5.74) is -0.104. The van der Waals surface area contributed by atoms with Gasteiger partial charge >= 0.3 is 0 Å². The van der Waals surface area contributed by atoms with Gasteiger partial charge in [0.2, 0.25) is 0 Å². The molecule has 0 amide bonds. The quantitative estimate of drug-likeness (QED) is 0.314. The van der Waals surface area contributed by atoms with E-state index in [-0.39, 0.29) is 10.0 Å². The fourth-order valence-electron chi connectivity index (χ4n) is 2.05. The van der Waals surface area contributed by atoms with Crippen molar-refractivity contribution in [3.05, 3.63) is 12.2 Å². The van der Waals surface area contributed by atoms with Crippen LogP contribution >= 0.6 is 34.8 Å². The highest BCUT2D eigenvalue weighted by Gasteiger charge is 2.24. The number of hydrogen-bond acceptors (Lipinski definition) is 3. The van der Waals surface area contributed by atoms with Gasteiger partial charge in [-0.1, -0.05) is 25.5 Å². The molecule has 2 N–H and O–H groups in total. The summed E-state index contributed by atoms with van der Waals surface area (Å²) in [4.78, 5) is 3.86. The summed E-state index contributed by atoms with van der Waals surface area (Å²) < 4.78 is -0.0163. The second-order valence-electron chi connectivity index (χ2n) is 6.45. The average molecular weight is 373 g/mol. The van der Waals surface area contributed by atoms with Crippen molar-refractivity contribution >= 4 is 39.4 Å². The summed E-state index contributed by atoms with van der Waals surface area (Å²) in [6.07, 6.45) is 3.65. The van der Waals surface area contributed by atoms with Crippen molar-refractivity contribution in [2.45, 2.75) is 70.0 Å². The highest BCUT2D eigenvalue weighted by Crippen LogP contribution is 2.22. The van der Waals surface area contributed by atoms with Crippen molar-refractivity contribution in [1.29, 1.82) is 0 Å². The molecule has 0 spiro atoms. The zero-order valence-corrected chi connectivity index (χ0v) is 15.9. The summed E-state index contributed by atoms with van der Waals surface area (Å²) in [6.45, 7) is 9.72. The first-order chi connectivity index (χ1) is 10.0. The number of aliphatic hydroxyl groups excluding tert-OH is 1. The first kappa shape index (κ1) is 22.2. The molecule has 6 heteroatoms. The summed E-state index contributed by atoms with van der Waals surface area (Å²) in [6, 6.07) is 0. The molecular formula is C16H28Cl3NO2. The molecule has 0 aliphatic rings. The maximum atomic E-state index is 9.81. The largest absolute Gasteiger partial charge is 0.390 e. The zero-order chi connectivity index (χ0) is 17.3. The van der Waals surface area contributed by atoms with Crippen LogP contribution < -0.4 is 0 Å². The van der Waals surface area contributed by atoms with Crippen LogP contribution in [0.5, 0.6) is 0 Å². The van der Waals surface area contributed by atoms with Gasteiger partial charge in [0, 0.05) is 0 Å². The second-order valence-corrected chi connectivity index (χ2v) is 7.89. The van der Waals surface area contributed by atoms with E-state index in [9.17, 15) is 10.2 Å². The third-order valence-corrected chi connectivity index (χ3v) is 4.44. The Kier molecular flexibility index (Phi) is 11.0. The summed E-state index contributed by atoms with van der Waals surface area (Å²) in [5, 5.41) is 19.3. The number of hydrogen-bond donors (Lipinski definition) is 2. The molecule has 0 saturated carbocycles. The molecule has 0 aliphatic heterocycles. The van der Waals surface area contributed by atoms with Crippen LogP contribution in [0.2, 0.25) is 0 Å². The van der Waals surface area contributed by atoms with Crippen LogP contribution in [0.3, 0.4) is 0 Å². The van der Waals surface area contributed by atoms with E-state index in [0.29, 0.717) is 18.9 Å². The molecule has 0 aromatic heterocycles. The Morgan fingerprint density at radius 3 is 2.32 bits per heavy atom. The van der Waals surface area contributed by atoms with Gasteiger partial charge in [-0.15, -0.1) is 11.6 Å². The third kappa shape index (κ3) is 10.8. The van der Waals surface area contributed by atoms with Crippen LogP contribution in [-0.2, 0) is 0 Å². The number of rotatable bonds is 11. The number of halogens is 3. The van der Waals surface area contributed by atoms with Gasteiger partial charge in [0.05, 0.1) is 23.6 Å². The molecule has 0 rings (SSSR count). The van der Waals surface area contributed by atoms with Crippen LogP contribution in [0.25, 0.3) is 0 Å². The summed E-state index contributed by atoms with van der Waals surface area (Å²) in [7, 11) is 0. The van der Waals surface area contributed by atoms with E-state index in [2.05, 4.69) is 18.5 Å². The molecule has 22 heavy (non-hydrogen) atoms. The van der Waals surface area contributed by atoms with Gasteiger partial charge in [-0.25, -0.2) is 0 Å². The Balaban J connectivity index is 3.90. The first-order valence-corrected chi connectivity index (χ1v) is 8.80. The van der Waals surface area contributed by atoms with Gasteiger partial charge in [-0.3, -0.25) is 4.99 Å². The number of nitrogens with zero attached hydrogens (tertiary/aromatic N) is 1. The van der Waals surface area contributed by atoms with Crippen molar-refractivity contribution in [3.63, 3.8) is 0 Å². The normalized spacial score (nSPS) is 16.0. The monoisotopic (exact) mass is 371 g/mol. The Morgan fingerprint density at radius 2 is 1.82 bits per heavy atom. The Bertz CT molecular complexity index is 363. The third-order valence-electron chi connectivity index (χ3n) is 3.76. The Morgan fingerprint density at radius 1 is 1.23 bits per heavy atom. The summed E-state index contributed by atoms with van der Waals surface area (Å²) >= 11 is 17.1. The fraction of sp³-hybridized carbons (Fsp3) is 0.812. The maximum Gasteiger partial charge on any atom is 0.192 e. The van der Waals surface area contributed by atoms with Gasteiger partial charge in [-0.2, -0.15) is 0 Å². The van der Waals surface area contributed by atoms with E-state index < -0.39 is 11.7 Å². The predicted molar refractivity (Wildman–Crippen MR) is 97.3 cm³/mol. The van der Waals surface area contributed by atoms with Crippen LogP contribution in [-0.4, -0.2) is 38.5 Å². The van der Waals surface area contributed by atoms with Gasteiger partial charge < -0.3 is 10.2 Å².